The number of hydrogen-bond acceptors (Lipinski definition) is 4. The summed E-state index contributed by atoms with van der Waals surface area (Å²) in [6.45, 7) is 1.46. The summed E-state index contributed by atoms with van der Waals surface area (Å²) in [5.41, 5.74) is 5.85. The van der Waals surface area contributed by atoms with Crippen LogP contribution < -0.4 is 10.9 Å². The number of sulfonamides is 1. The minimum absolute atomic E-state index is 0.0692. The molecule has 0 saturated heterocycles. The van der Waals surface area contributed by atoms with Gasteiger partial charge in [-0.25, -0.2) is 8.42 Å². The third-order valence-corrected chi connectivity index (χ3v) is 5.86. The molecule has 2 rings (SSSR count). The highest BCUT2D eigenvalue weighted by atomic mass is 79.9. The predicted molar refractivity (Wildman–Crippen MR) is 101 cm³/mol. The first kappa shape index (κ1) is 20.1. The summed E-state index contributed by atoms with van der Waals surface area (Å²) in [5, 5.41) is 0. The van der Waals surface area contributed by atoms with Crippen LogP contribution in [0.3, 0.4) is 0 Å². The molecule has 0 radical (unpaired) electrons. The van der Waals surface area contributed by atoms with E-state index in [1.165, 1.54) is 19.2 Å². The number of hydrazine groups is 1. The molecule has 0 unspecified atom stereocenters. The lowest BCUT2D eigenvalue weighted by molar-refractivity contribution is -0.121. The zero-order valence-corrected chi connectivity index (χ0v) is 16.6. The van der Waals surface area contributed by atoms with Crippen LogP contribution >= 0.6 is 15.9 Å². The zero-order chi connectivity index (χ0) is 19.3. The fourth-order valence-corrected chi connectivity index (χ4v) is 3.41. The van der Waals surface area contributed by atoms with Crippen LogP contribution in [0.5, 0.6) is 0 Å². The number of nitrogens with one attached hydrogen (secondary N) is 2. The van der Waals surface area contributed by atoms with Crippen molar-refractivity contribution in [3.8, 4) is 0 Å². The molecule has 2 aromatic carbocycles. The van der Waals surface area contributed by atoms with E-state index < -0.39 is 28.4 Å². The van der Waals surface area contributed by atoms with Crippen molar-refractivity contribution in [1.82, 2.24) is 15.2 Å². The number of carbonyl (C=O) groups is 2. The molecule has 0 aliphatic heterocycles. The highest BCUT2D eigenvalue weighted by molar-refractivity contribution is 9.10. The average molecular weight is 440 g/mol. The van der Waals surface area contributed by atoms with Gasteiger partial charge in [-0.05, 0) is 43.3 Å². The highest BCUT2D eigenvalue weighted by Crippen LogP contribution is 2.17. The van der Waals surface area contributed by atoms with Crippen LogP contribution in [-0.2, 0) is 14.8 Å². The van der Waals surface area contributed by atoms with Crippen LogP contribution in [0, 0.1) is 6.92 Å². The van der Waals surface area contributed by atoms with Crippen molar-refractivity contribution in [2.75, 3.05) is 13.6 Å². The third kappa shape index (κ3) is 5.13. The van der Waals surface area contributed by atoms with E-state index in [1.807, 2.05) is 6.92 Å². The van der Waals surface area contributed by atoms with Crippen LogP contribution in [0.4, 0.5) is 0 Å². The molecule has 0 aliphatic rings. The lowest BCUT2D eigenvalue weighted by Gasteiger charge is -2.17. The Morgan fingerprint density at radius 2 is 1.58 bits per heavy atom. The summed E-state index contributed by atoms with van der Waals surface area (Å²) >= 11 is 3.23. The Bertz CT molecular complexity index is 897. The molecule has 138 valence electrons. The molecule has 0 atom stereocenters. The summed E-state index contributed by atoms with van der Waals surface area (Å²) in [5.74, 6) is -1.15. The number of nitrogens with zero attached hydrogens (tertiary/aromatic N) is 1. The van der Waals surface area contributed by atoms with Crippen LogP contribution in [0.25, 0.3) is 0 Å². The minimum Gasteiger partial charge on any atom is -0.272 e. The highest BCUT2D eigenvalue weighted by Gasteiger charge is 2.23. The number of halogens is 1. The van der Waals surface area contributed by atoms with E-state index in [4.69, 9.17) is 0 Å². The molecule has 26 heavy (non-hydrogen) atoms. The van der Waals surface area contributed by atoms with Gasteiger partial charge in [-0.3, -0.25) is 20.4 Å². The van der Waals surface area contributed by atoms with E-state index in [2.05, 4.69) is 26.8 Å². The van der Waals surface area contributed by atoms with E-state index in [-0.39, 0.29) is 4.90 Å². The smallest absolute Gasteiger partial charge is 0.269 e. The summed E-state index contributed by atoms with van der Waals surface area (Å²) in [6.07, 6.45) is 0. The first-order chi connectivity index (χ1) is 12.2. The number of amides is 2. The van der Waals surface area contributed by atoms with Gasteiger partial charge in [0.2, 0.25) is 10.0 Å². The molecule has 0 spiro atoms. The second kappa shape index (κ2) is 8.43. The minimum atomic E-state index is -3.81. The second-order valence-electron chi connectivity index (χ2n) is 5.58. The number of likely N-dealkylation sites (N-methyl/N-ethyl adjacent to an activating group) is 1. The van der Waals surface area contributed by atoms with Crippen molar-refractivity contribution >= 4 is 37.8 Å². The molecule has 0 heterocycles. The maximum absolute atomic E-state index is 12.4. The van der Waals surface area contributed by atoms with Crippen LogP contribution in [0.1, 0.15) is 15.9 Å². The van der Waals surface area contributed by atoms with Gasteiger partial charge in [0, 0.05) is 17.1 Å². The molecule has 2 aromatic rings. The second-order valence-corrected chi connectivity index (χ2v) is 8.54. The molecule has 0 fully saturated rings. The lowest BCUT2D eigenvalue weighted by atomic mass is 10.1. The summed E-state index contributed by atoms with van der Waals surface area (Å²) < 4.78 is 26.5. The SMILES string of the molecule is Cc1ccc(C(=O)NNC(=O)CN(C)S(=O)(=O)c2ccc(Br)cc2)cc1. The van der Waals surface area contributed by atoms with Crippen molar-refractivity contribution in [2.24, 2.45) is 0 Å². The molecule has 0 aromatic heterocycles. The van der Waals surface area contributed by atoms with Gasteiger partial charge in [0.1, 0.15) is 0 Å². The van der Waals surface area contributed by atoms with Crippen molar-refractivity contribution < 1.29 is 18.0 Å². The maximum atomic E-state index is 12.4. The van der Waals surface area contributed by atoms with Gasteiger partial charge < -0.3 is 0 Å². The fourth-order valence-electron chi connectivity index (χ4n) is 2.02. The monoisotopic (exact) mass is 439 g/mol. The number of rotatable bonds is 5. The van der Waals surface area contributed by atoms with Gasteiger partial charge in [-0.1, -0.05) is 33.6 Å². The molecule has 9 heteroatoms. The Labute approximate surface area is 160 Å². The van der Waals surface area contributed by atoms with E-state index >= 15 is 0 Å². The Morgan fingerprint density at radius 3 is 2.15 bits per heavy atom. The molecule has 0 aliphatic carbocycles. The molecule has 0 saturated carbocycles. The summed E-state index contributed by atoms with van der Waals surface area (Å²) in [4.78, 5) is 23.9. The van der Waals surface area contributed by atoms with Gasteiger partial charge in [0.15, 0.2) is 0 Å². The van der Waals surface area contributed by atoms with E-state index in [0.717, 1.165) is 14.3 Å². The quantitative estimate of drug-likeness (QED) is 0.694. The molecular weight excluding hydrogens is 422 g/mol. The molecule has 7 nitrogen and oxygen atoms in total. The normalized spacial score (nSPS) is 11.2. The first-order valence-corrected chi connectivity index (χ1v) is 9.81. The Morgan fingerprint density at radius 1 is 1.00 bits per heavy atom. The van der Waals surface area contributed by atoms with Gasteiger partial charge in [0.25, 0.3) is 11.8 Å². The Kier molecular flexibility index (Phi) is 6.52. The van der Waals surface area contributed by atoms with Gasteiger partial charge in [-0.2, -0.15) is 4.31 Å². The lowest BCUT2D eigenvalue weighted by Crippen LogP contribution is -2.46. The van der Waals surface area contributed by atoms with Crippen molar-refractivity contribution in [2.45, 2.75) is 11.8 Å². The molecule has 0 bridgehead atoms. The Hall–Kier alpha value is -2.23. The average Bonchev–Trinajstić information content (AvgIpc) is 2.60. The summed E-state index contributed by atoms with van der Waals surface area (Å²) in [6, 6.07) is 12.9. The topological polar surface area (TPSA) is 95.6 Å². The van der Waals surface area contributed by atoms with Gasteiger partial charge in [-0.15, -0.1) is 0 Å². The molecule has 2 N–H and O–H groups in total. The standard InChI is InChI=1S/C17H18BrN3O4S/c1-12-3-5-13(6-4-12)17(23)20-19-16(22)11-21(2)26(24,25)15-9-7-14(18)8-10-15/h3-10H,11H2,1-2H3,(H,19,22)(H,20,23). The number of aryl methyl sites for hydroxylation is 1. The van der Waals surface area contributed by atoms with Crippen molar-refractivity contribution in [3.63, 3.8) is 0 Å². The zero-order valence-electron chi connectivity index (χ0n) is 14.2. The van der Waals surface area contributed by atoms with E-state index in [9.17, 15) is 18.0 Å². The fraction of sp³-hybridized carbons (Fsp3) is 0.176. The predicted octanol–water partition coefficient (Wildman–Crippen LogP) is 1.84. The maximum Gasteiger partial charge on any atom is 0.269 e. The van der Waals surface area contributed by atoms with Crippen molar-refractivity contribution in [1.29, 1.82) is 0 Å². The van der Waals surface area contributed by atoms with Gasteiger partial charge in [0.05, 0.1) is 11.4 Å². The third-order valence-electron chi connectivity index (χ3n) is 3.52. The summed E-state index contributed by atoms with van der Waals surface area (Å²) in [7, 11) is -2.52. The van der Waals surface area contributed by atoms with Crippen LogP contribution in [0.2, 0.25) is 0 Å². The first-order valence-electron chi connectivity index (χ1n) is 7.58. The van der Waals surface area contributed by atoms with Crippen molar-refractivity contribution in [3.05, 3.63) is 64.1 Å². The Balaban J connectivity index is 1.93. The largest absolute Gasteiger partial charge is 0.272 e. The number of hydrogen-bond donors (Lipinski definition) is 2. The van der Waals surface area contributed by atoms with Gasteiger partial charge >= 0.3 is 0 Å². The van der Waals surface area contributed by atoms with E-state index in [1.54, 1.807) is 36.4 Å². The number of benzene rings is 2. The van der Waals surface area contributed by atoms with Crippen LogP contribution in [-0.4, -0.2) is 38.1 Å². The molecular formula is C17H18BrN3O4S. The van der Waals surface area contributed by atoms with E-state index in [0.29, 0.717) is 5.56 Å². The number of carbonyl (C=O) groups excluding carboxylic acids is 2. The van der Waals surface area contributed by atoms with Crippen LogP contribution in [0.15, 0.2) is 57.9 Å². The molecule has 2 amide bonds.